The summed E-state index contributed by atoms with van der Waals surface area (Å²) in [6.07, 6.45) is 0. The highest BCUT2D eigenvalue weighted by Gasteiger charge is 2.10. The van der Waals surface area contributed by atoms with E-state index in [0.29, 0.717) is 57.8 Å². The second-order valence-electron chi connectivity index (χ2n) is 6.54. The van der Waals surface area contributed by atoms with Gasteiger partial charge in [-0.3, -0.25) is 0 Å². The minimum atomic E-state index is 0.270. The van der Waals surface area contributed by atoms with Gasteiger partial charge in [0.15, 0.2) is 0 Å². The van der Waals surface area contributed by atoms with E-state index in [4.69, 9.17) is 24.7 Å². The molecule has 2 aromatic carbocycles. The van der Waals surface area contributed by atoms with E-state index in [1.165, 1.54) is 0 Å². The molecule has 0 spiro atoms. The van der Waals surface area contributed by atoms with E-state index in [0.717, 1.165) is 21.1 Å². The summed E-state index contributed by atoms with van der Waals surface area (Å²) in [5, 5.41) is 4.13. The van der Waals surface area contributed by atoms with Crippen LogP contribution in [0.2, 0.25) is 0 Å². The zero-order valence-electron chi connectivity index (χ0n) is 17.5. The Bertz CT molecular complexity index is 973. The standard InChI is InChI=1S/C22H27BrN4O4/c1-2-28-8-9-29-10-11-30-12-13-31-22-26-20-7-6-17(24)15-19(20)21(27-22)25-18-5-3-4-16(23)14-18/h3-7,14-15H,2,8-13,24H2,1H3,(H,25,26,27). The van der Waals surface area contributed by atoms with Crippen molar-refractivity contribution in [1.29, 1.82) is 0 Å². The molecule has 3 aromatic rings. The second-order valence-corrected chi connectivity index (χ2v) is 7.45. The number of anilines is 3. The molecule has 166 valence electrons. The molecule has 0 aliphatic carbocycles. The minimum absolute atomic E-state index is 0.270. The van der Waals surface area contributed by atoms with Gasteiger partial charge in [-0.1, -0.05) is 22.0 Å². The Morgan fingerprint density at radius 2 is 1.65 bits per heavy atom. The molecule has 8 nitrogen and oxygen atoms in total. The van der Waals surface area contributed by atoms with E-state index in [-0.39, 0.29) is 6.01 Å². The average Bonchev–Trinajstić information content (AvgIpc) is 2.75. The highest BCUT2D eigenvalue weighted by Crippen LogP contribution is 2.28. The fourth-order valence-corrected chi connectivity index (χ4v) is 3.16. The summed E-state index contributed by atoms with van der Waals surface area (Å²) in [5.74, 6) is 0.619. The van der Waals surface area contributed by atoms with Crippen LogP contribution < -0.4 is 15.8 Å². The van der Waals surface area contributed by atoms with Gasteiger partial charge in [0, 0.05) is 27.8 Å². The fourth-order valence-electron chi connectivity index (χ4n) is 2.76. The van der Waals surface area contributed by atoms with Gasteiger partial charge in [0.25, 0.3) is 0 Å². The SMILES string of the molecule is CCOCCOCCOCCOc1nc(Nc2cccc(Br)c2)c2cc(N)ccc2n1. The van der Waals surface area contributed by atoms with Gasteiger partial charge < -0.3 is 30.0 Å². The normalized spacial score (nSPS) is 11.0. The van der Waals surface area contributed by atoms with Crippen LogP contribution in [-0.2, 0) is 14.2 Å². The molecule has 9 heteroatoms. The third kappa shape index (κ3) is 7.62. The molecule has 3 rings (SSSR count). The summed E-state index contributed by atoms with van der Waals surface area (Å²) in [6, 6.07) is 13.6. The highest BCUT2D eigenvalue weighted by molar-refractivity contribution is 9.10. The van der Waals surface area contributed by atoms with Crippen LogP contribution in [0.5, 0.6) is 6.01 Å². The van der Waals surface area contributed by atoms with E-state index >= 15 is 0 Å². The Hall–Kier alpha value is -2.46. The number of nitrogens with two attached hydrogens (primary N) is 1. The van der Waals surface area contributed by atoms with Crippen molar-refractivity contribution in [3.05, 3.63) is 46.9 Å². The summed E-state index contributed by atoms with van der Waals surface area (Å²) >= 11 is 3.48. The summed E-state index contributed by atoms with van der Waals surface area (Å²) < 4.78 is 22.8. The number of nitrogens with one attached hydrogen (secondary N) is 1. The number of nitrogen functional groups attached to an aromatic ring is 1. The summed E-state index contributed by atoms with van der Waals surface area (Å²) in [4.78, 5) is 9.01. The van der Waals surface area contributed by atoms with E-state index < -0.39 is 0 Å². The first-order valence-corrected chi connectivity index (χ1v) is 10.9. The lowest BCUT2D eigenvalue weighted by Gasteiger charge is -2.12. The molecule has 0 saturated carbocycles. The van der Waals surface area contributed by atoms with Crippen LogP contribution in [0, 0.1) is 0 Å². The van der Waals surface area contributed by atoms with Crippen LogP contribution >= 0.6 is 15.9 Å². The van der Waals surface area contributed by atoms with Crippen LogP contribution in [0.1, 0.15) is 6.92 Å². The second kappa shape index (κ2) is 12.4. The third-order valence-electron chi connectivity index (χ3n) is 4.19. The van der Waals surface area contributed by atoms with Crippen molar-refractivity contribution >= 4 is 44.0 Å². The van der Waals surface area contributed by atoms with Crippen molar-refractivity contribution < 1.29 is 18.9 Å². The predicted octanol–water partition coefficient (Wildman–Crippen LogP) is 4.17. The lowest BCUT2D eigenvalue weighted by molar-refractivity contribution is 0.0109. The lowest BCUT2D eigenvalue weighted by Crippen LogP contribution is -2.13. The molecule has 0 amide bonds. The number of rotatable bonds is 13. The molecule has 0 aliphatic rings. The van der Waals surface area contributed by atoms with Crippen LogP contribution in [-0.4, -0.2) is 56.2 Å². The summed E-state index contributed by atoms with van der Waals surface area (Å²) in [5.41, 5.74) is 8.22. The number of nitrogens with zero attached hydrogens (tertiary/aromatic N) is 2. The van der Waals surface area contributed by atoms with E-state index in [1.54, 1.807) is 6.07 Å². The average molecular weight is 491 g/mol. The van der Waals surface area contributed by atoms with E-state index in [9.17, 15) is 0 Å². The molecular formula is C22H27BrN4O4. The Labute approximate surface area is 190 Å². The highest BCUT2D eigenvalue weighted by atomic mass is 79.9. The lowest BCUT2D eigenvalue weighted by atomic mass is 10.2. The maximum Gasteiger partial charge on any atom is 0.319 e. The van der Waals surface area contributed by atoms with Gasteiger partial charge in [0.1, 0.15) is 12.4 Å². The van der Waals surface area contributed by atoms with Crippen LogP contribution in [0.25, 0.3) is 10.9 Å². The van der Waals surface area contributed by atoms with Crippen LogP contribution in [0.3, 0.4) is 0 Å². The zero-order chi connectivity index (χ0) is 21.9. The Balaban J connectivity index is 1.56. The van der Waals surface area contributed by atoms with Crippen molar-refractivity contribution in [1.82, 2.24) is 9.97 Å². The summed E-state index contributed by atoms with van der Waals surface area (Å²) in [7, 11) is 0. The Kier molecular flexibility index (Phi) is 9.29. The van der Waals surface area contributed by atoms with E-state index in [2.05, 4.69) is 31.2 Å². The predicted molar refractivity (Wildman–Crippen MR) is 125 cm³/mol. The number of halogens is 1. The molecule has 0 fully saturated rings. The van der Waals surface area contributed by atoms with Gasteiger partial charge in [0.05, 0.1) is 38.6 Å². The van der Waals surface area contributed by atoms with Gasteiger partial charge in [-0.05, 0) is 43.3 Å². The minimum Gasteiger partial charge on any atom is -0.461 e. The maximum atomic E-state index is 5.96. The smallest absolute Gasteiger partial charge is 0.319 e. The topological polar surface area (TPSA) is 101 Å². The molecule has 0 unspecified atom stereocenters. The molecule has 0 saturated heterocycles. The van der Waals surface area contributed by atoms with Crippen LogP contribution in [0.4, 0.5) is 17.2 Å². The van der Waals surface area contributed by atoms with Gasteiger partial charge in [-0.2, -0.15) is 9.97 Å². The number of fused-ring (bicyclic) bond motifs is 1. The zero-order valence-corrected chi connectivity index (χ0v) is 19.1. The molecule has 0 atom stereocenters. The van der Waals surface area contributed by atoms with Gasteiger partial charge in [-0.25, -0.2) is 0 Å². The quantitative estimate of drug-likeness (QED) is 0.272. The van der Waals surface area contributed by atoms with Crippen LogP contribution in [0.15, 0.2) is 46.9 Å². The number of hydrogen-bond acceptors (Lipinski definition) is 8. The first-order valence-electron chi connectivity index (χ1n) is 10.1. The monoisotopic (exact) mass is 490 g/mol. The summed E-state index contributed by atoms with van der Waals surface area (Å²) in [6.45, 7) is 5.56. The number of ether oxygens (including phenoxy) is 4. The maximum absolute atomic E-state index is 5.96. The molecule has 0 bridgehead atoms. The van der Waals surface area contributed by atoms with Gasteiger partial charge in [0.2, 0.25) is 0 Å². The number of benzene rings is 2. The molecule has 0 aliphatic heterocycles. The first kappa shape index (κ1) is 23.2. The van der Waals surface area contributed by atoms with Crippen molar-refractivity contribution in [3.63, 3.8) is 0 Å². The van der Waals surface area contributed by atoms with Crippen molar-refractivity contribution in [3.8, 4) is 6.01 Å². The van der Waals surface area contributed by atoms with Gasteiger partial charge in [-0.15, -0.1) is 0 Å². The van der Waals surface area contributed by atoms with Gasteiger partial charge >= 0.3 is 6.01 Å². The largest absolute Gasteiger partial charge is 0.461 e. The molecule has 0 radical (unpaired) electrons. The molecule has 31 heavy (non-hydrogen) atoms. The number of hydrogen-bond donors (Lipinski definition) is 2. The van der Waals surface area contributed by atoms with Crippen molar-refractivity contribution in [2.45, 2.75) is 6.92 Å². The fraction of sp³-hybridized carbons (Fsp3) is 0.364. The molecular weight excluding hydrogens is 464 g/mol. The van der Waals surface area contributed by atoms with Crippen molar-refractivity contribution in [2.75, 3.05) is 57.3 Å². The first-order chi connectivity index (χ1) is 15.2. The van der Waals surface area contributed by atoms with E-state index in [1.807, 2.05) is 43.3 Å². The molecule has 1 heterocycles. The third-order valence-corrected chi connectivity index (χ3v) is 4.69. The Morgan fingerprint density at radius 1 is 0.903 bits per heavy atom. The Morgan fingerprint density at radius 3 is 2.39 bits per heavy atom. The molecule has 3 N–H and O–H groups in total. The molecule has 1 aromatic heterocycles. The number of aromatic nitrogens is 2. The van der Waals surface area contributed by atoms with Crippen molar-refractivity contribution in [2.24, 2.45) is 0 Å².